The van der Waals surface area contributed by atoms with Crippen LogP contribution in [0.25, 0.3) is 0 Å². The summed E-state index contributed by atoms with van der Waals surface area (Å²) < 4.78 is 7.54. The van der Waals surface area contributed by atoms with Crippen molar-refractivity contribution < 1.29 is 14.3 Å². The average Bonchev–Trinajstić information content (AvgIpc) is 3.25. The van der Waals surface area contributed by atoms with Crippen LogP contribution in [-0.2, 0) is 14.3 Å². The zero-order valence-corrected chi connectivity index (χ0v) is 28.4. The van der Waals surface area contributed by atoms with E-state index >= 15 is 0 Å². The van der Waals surface area contributed by atoms with Crippen molar-refractivity contribution in [1.82, 2.24) is 0 Å². The Morgan fingerprint density at radius 1 is 0.927 bits per heavy atom. The van der Waals surface area contributed by atoms with Gasteiger partial charge in [0.15, 0.2) is 5.78 Å². The van der Waals surface area contributed by atoms with Crippen LogP contribution in [0.1, 0.15) is 130 Å². The van der Waals surface area contributed by atoms with Gasteiger partial charge in [0.2, 0.25) is 0 Å². The summed E-state index contributed by atoms with van der Waals surface area (Å²) in [6.45, 7) is 7.32. The molecular weight excluding hydrogens is 619 g/mol. The van der Waals surface area contributed by atoms with Gasteiger partial charge in [-0.05, 0) is 123 Å². The van der Waals surface area contributed by atoms with E-state index in [0.29, 0.717) is 47.7 Å². The maximum absolute atomic E-state index is 12.9. The molecule has 230 valence electrons. The molecule has 0 aromatic heterocycles. The van der Waals surface area contributed by atoms with Crippen molar-refractivity contribution in [3.8, 4) is 0 Å². The Bertz CT molecular complexity index is 950. The maximum atomic E-state index is 12.9. The molecule has 41 heavy (non-hydrogen) atoms. The molecule has 4 heteroatoms. The van der Waals surface area contributed by atoms with Gasteiger partial charge < -0.3 is 4.74 Å². The van der Waals surface area contributed by atoms with E-state index in [4.69, 9.17) is 4.74 Å². The number of ketones is 1. The van der Waals surface area contributed by atoms with Gasteiger partial charge in [-0.15, -0.1) is 0 Å². The number of hydrogen-bond acceptors (Lipinski definition) is 3. The second-order valence-corrected chi connectivity index (χ2v) is 15.3. The molecule has 3 saturated carbocycles. The summed E-state index contributed by atoms with van der Waals surface area (Å²) in [5.74, 6) is 4.24. The Kier molecular flexibility index (Phi) is 13.1. The molecule has 0 radical (unpaired) electrons. The number of esters is 1. The Hall–Kier alpha value is -0.910. The molecular formula is C37H57IO3. The van der Waals surface area contributed by atoms with Gasteiger partial charge in [0, 0.05) is 18.3 Å². The Balaban J connectivity index is 1.13. The fraction of sp³-hybridized carbons (Fsp3) is 0.784. The predicted octanol–water partition coefficient (Wildman–Crippen LogP) is 10.4. The number of allylic oxidation sites excluding steroid dienone is 5. The van der Waals surface area contributed by atoms with Gasteiger partial charge in [0.1, 0.15) is 6.10 Å². The summed E-state index contributed by atoms with van der Waals surface area (Å²) in [7, 11) is 0. The second-order valence-electron chi connectivity index (χ2n) is 14.2. The molecule has 0 bridgehead atoms. The summed E-state index contributed by atoms with van der Waals surface area (Å²) in [6.07, 6.45) is 30.0. The highest BCUT2D eigenvalue weighted by atomic mass is 127. The fourth-order valence-corrected chi connectivity index (χ4v) is 9.97. The SMILES string of the molecule is CC1CC2(C)C(OC(=O)CCCCCCC/C=C\C/C=C\CCCCI)CCC2C2C(C)CC3=CC(=O)CCC3C12. The molecule has 0 N–H and O–H groups in total. The number of fused-ring (bicyclic) bond motifs is 5. The van der Waals surface area contributed by atoms with Crippen LogP contribution in [0.4, 0.5) is 0 Å². The molecule has 0 aromatic carbocycles. The lowest BCUT2D eigenvalue weighted by atomic mass is 9.47. The fourth-order valence-electron chi connectivity index (χ4n) is 9.43. The van der Waals surface area contributed by atoms with Crippen molar-refractivity contribution in [2.45, 2.75) is 136 Å². The summed E-state index contributed by atoms with van der Waals surface area (Å²) in [5, 5.41) is 0. The number of unbranched alkanes of at least 4 members (excludes halogenated alkanes) is 7. The van der Waals surface area contributed by atoms with Crippen LogP contribution in [0.2, 0.25) is 0 Å². The van der Waals surface area contributed by atoms with E-state index in [1.807, 2.05) is 6.08 Å². The topological polar surface area (TPSA) is 43.4 Å². The Morgan fingerprint density at radius 3 is 2.39 bits per heavy atom. The van der Waals surface area contributed by atoms with Crippen LogP contribution in [-0.4, -0.2) is 22.3 Å². The predicted molar refractivity (Wildman–Crippen MR) is 179 cm³/mol. The number of carbonyl (C=O) groups is 2. The van der Waals surface area contributed by atoms with Crippen molar-refractivity contribution in [3.05, 3.63) is 36.0 Å². The van der Waals surface area contributed by atoms with Crippen molar-refractivity contribution in [1.29, 1.82) is 0 Å². The normalized spacial score (nSPS) is 34.9. The van der Waals surface area contributed by atoms with Gasteiger partial charge in [-0.25, -0.2) is 0 Å². The molecule has 4 aliphatic carbocycles. The monoisotopic (exact) mass is 676 g/mol. The van der Waals surface area contributed by atoms with Gasteiger partial charge in [0.05, 0.1) is 0 Å². The van der Waals surface area contributed by atoms with Crippen molar-refractivity contribution in [3.63, 3.8) is 0 Å². The number of alkyl halides is 1. The standard InChI is InChI=1S/C37H57IO3/c1-27-24-29-25-30(39)19-20-31(29)35-28(2)26-37(3)32(36(27)35)21-22-33(37)41-34(40)18-16-14-12-10-8-6-4-5-7-9-11-13-15-17-23-38/h4-5,9,11,25,27-28,31-33,35-36H,6-8,10,12-24,26H2,1-3H3/b5-4-,11-9-. The second kappa shape index (κ2) is 16.2. The first kappa shape index (κ1) is 33.0. The van der Waals surface area contributed by atoms with E-state index in [2.05, 4.69) is 67.7 Å². The molecule has 4 aliphatic rings. The molecule has 0 aromatic rings. The van der Waals surface area contributed by atoms with Gasteiger partial charge in [0.25, 0.3) is 0 Å². The molecule has 0 spiro atoms. The molecule has 0 amide bonds. The summed E-state index contributed by atoms with van der Waals surface area (Å²) in [4.78, 5) is 25.1. The van der Waals surface area contributed by atoms with E-state index in [1.165, 1.54) is 61.4 Å². The van der Waals surface area contributed by atoms with Crippen LogP contribution < -0.4 is 0 Å². The Labute approximate surface area is 264 Å². The summed E-state index contributed by atoms with van der Waals surface area (Å²) in [5.41, 5.74) is 1.55. The van der Waals surface area contributed by atoms with E-state index in [0.717, 1.165) is 51.4 Å². The first-order valence-corrected chi connectivity index (χ1v) is 18.7. The first-order chi connectivity index (χ1) is 19.8. The lowest BCUT2D eigenvalue weighted by molar-refractivity contribution is -0.162. The van der Waals surface area contributed by atoms with Gasteiger partial charge >= 0.3 is 5.97 Å². The van der Waals surface area contributed by atoms with Crippen LogP contribution in [0.5, 0.6) is 0 Å². The molecule has 0 heterocycles. The molecule has 4 rings (SSSR count). The minimum Gasteiger partial charge on any atom is -0.462 e. The molecule has 3 nitrogen and oxygen atoms in total. The van der Waals surface area contributed by atoms with Gasteiger partial charge in [-0.1, -0.05) is 92.5 Å². The highest BCUT2D eigenvalue weighted by Gasteiger charge is 2.60. The molecule has 3 fully saturated rings. The van der Waals surface area contributed by atoms with Crippen LogP contribution >= 0.6 is 22.6 Å². The molecule has 0 aliphatic heterocycles. The summed E-state index contributed by atoms with van der Waals surface area (Å²) >= 11 is 2.45. The number of ether oxygens (including phenoxy) is 1. The summed E-state index contributed by atoms with van der Waals surface area (Å²) in [6, 6.07) is 0. The van der Waals surface area contributed by atoms with Gasteiger partial charge in [-0.2, -0.15) is 0 Å². The maximum Gasteiger partial charge on any atom is 0.306 e. The minimum atomic E-state index is 0.0321. The molecule has 0 saturated heterocycles. The Morgan fingerprint density at radius 2 is 1.63 bits per heavy atom. The van der Waals surface area contributed by atoms with E-state index in [1.54, 1.807) is 0 Å². The highest BCUT2D eigenvalue weighted by molar-refractivity contribution is 14.1. The third-order valence-corrected chi connectivity index (χ3v) is 12.0. The van der Waals surface area contributed by atoms with Crippen LogP contribution in [0.15, 0.2) is 36.0 Å². The third-order valence-electron chi connectivity index (χ3n) is 11.2. The van der Waals surface area contributed by atoms with Crippen molar-refractivity contribution >= 4 is 34.3 Å². The number of carbonyl (C=O) groups excluding carboxylic acids is 2. The zero-order chi connectivity index (χ0) is 29.2. The van der Waals surface area contributed by atoms with E-state index < -0.39 is 0 Å². The number of hydrogen-bond donors (Lipinski definition) is 0. The lowest BCUT2D eigenvalue weighted by Crippen LogP contribution is -2.54. The third kappa shape index (κ3) is 8.60. The van der Waals surface area contributed by atoms with Crippen molar-refractivity contribution in [2.75, 3.05) is 4.43 Å². The van der Waals surface area contributed by atoms with E-state index in [9.17, 15) is 9.59 Å². The highest BCUT2D eigenvalue weighted by Crippen LogP contribution is 2.65. The number of halogens is 1. The number of rotatable bonds is 15. The zero-order valence-electron chi connectivity index (χ0n) is 26.3. The largest absolute Gasteiger partial charge is 0.462 e. The smallest absolute Gasteiger partial charge is 0.306 e. The minimum absolute atomic E-state index is 0.0321. The average molecular weight is 677 g/mol. The van der Waals surface area contributed by atoms with Crippen LogP contribution in [0, 0.1) is 40.9 Å². The van der Waals surface area contributed by atoms with E-state index in [-0.39, 0.29) is 17.5 Å². The van der Waals surface area contributed by atoms with Crippen molar-refractivity contribution in [2.24, 2.45) is 40.9 Å². The molecule has 8 unspecified atom stereocenters. The van der Waals surface area contributed by atoms with Gasteiger partial charge in [-0.3, -0.25) is 9.59 Å². The van der Waals surface area contributed by atoms with Crippen LogP contribution in [0.3, 0.4) is 0 Å². The molecule has 8 atom stereocenters. The quantitative estimate of drug-likeness (QED) is 0.0570. The lowest BCUT2D eigenvalue weighted by Gasteiger charge is -2.58. The first-order valence-electron chi connectivity index (χ1n) is 17.1.